The molecule has 0 aliphatic carbocycles. The maximum atomic E-state index is 12.9. The van der Waals surface area contributed by atoms with Gasteiger partial charge in [-0.25, -0.2) is 0 Å². The largest absolute Gasteiger partial charge is 0.356 e. The summed E-state index contributed by atoms with van der Waals surface area (Å²) in [5.74, 6) is 0.116. The van der Waals surface area contributed by atoms with Gasteiger partial charge in [0.15, 0.2) is 0 Å². The molecule has 4 rings (SSSR count). The lowest BCUT2D eigenvalue weighted by molar-refractivity contribution is -0.126. The number of carbonyl (C=O) groups excluding carboxylic acids is 2. The molecule has 0 saturated carbocycles. The van der Waals surface area contributed by atoms with Gasteiger partial charge in [-0.15, -0.1) is 0 Å². The van der Waals surface area contributed by atoms with E-state index in [9.17, 15) is 9.59 Å². The summed E-state index contributed by atoms with van der Waals surface area (Å²) in [5, 5.41) is 3.11. The standard InChI is InChI=1S/C29H38N4O2/c34-28-23-27(26-13-5-2-6-14-26)33-22-10-19-31(24-33)18-7-8-20-32(21-9-17-30-28)29(35)16-15-25-11-3-1-4-12-25/h1-6,11-16,27H,7-10,17-24H2,(H,30,34). The topological polar surface area (TPSA) is 55.9 Å². The van der Waals surface area contributed by atoms with Gasteiger partial charge in [0.05, 0.1) is 6.67 Å². The Morgan fingerprint density at radius 1 is 0.829 bits per heavy atom. The first kappa shape index (κ1) is 25.1. The van der Waals surface area contributed by atoms with Crippen LogP contribution < -0.4 is 5.32 Å². The quantitative estimate of drug-likeness (QED) is 0.685. The first-order valence-corrected chi connectivity index (χ1v) is 13.0. The molecule has 6 heteroatoms. The molecule has 2 aromatic carbocycles. The van der Waals surface area contributed by atoms with Crippen molar-refractivity contribution in [1.29, 1.82) is 0 Å². The van der Waals surface area contributed by atoms with Crippen molar-refractivity contribution >= 4 is 17.9 Å². The Balaban J connectivity index is 1.42. The molecule has 2 aliphatic heterocycles. The maximum absolute atomic E-state index is 12.9. The highest BCUT2D eigenvalue weighted by molar-refractivity contribution is 5.91. The number of nitrogens with zero attached hydrogens (tertiary/aromatic N) is 3. The number of amides is 2. The van der Waals surface area contributed by atoms with Gasteiger partial charge in [-0.1, -0.05) is 60.7 Å². The number of carbonyl (C=O) groups is 2. The highest BCUT2D eigenvalue weighted by Crippen LogP contribution is 2.27. The monoisotopic (exact) mass is 474 g/mol. The number of nitrogens with one attached hydrogen (secondary N) is 1. The summed E-state index contributed by atoms with van der Waals surface area (Å²) in [5.41, 5.74) is 2.23. The molecule has 2 heterocycles. The molecule has 0 spiro atoms. The van der Waals surface area contributed by atoms with Gasteiger partial charge in [0.2, 0.25) is 11.8 Å². The third-order valence-corrected chi connectivity index (χ3v) is 6.91. The van der Waals surface area contributed by atoms with Crippen LogP contribution in [0.3, 0.4) is 0 Å². The van der Waals surface area contributed by atoms with Crippen LogP contribution in [0.1, 0.15) is 49.3 Å². The number of hydrogen-bond acceptors (Lipinski definition) is 4. The molecule has 2 aromatic rings. The SMILES string of the molecule is O=C1CC(c2ccccc2)N2CCCN(CCCCN(C(=O)C=Cc3ccccc3)CCCN1)C2. The molecule has 6 nitrogen and oxygen atoms in total. The average molecular weight is 475 g/mol. The Morgan fingerprint density at radius 3 is 2.31 bits per heavy atom. The predicted octanol–water partition coefficient (Wildman–Crippen LogP) is 3.93. The summed E-state index contributed by atoms with van der Waals surface area (Å²) >= 11 is 0. The molecule has 2 fully saturated rings. The maximum Gasteiger partial charge on any atom is 0.246 e. The average Bonchev–Trinajstić information content (AvgIpc) is 2.90. The molecular formula is C29H38N4O2. The van der Waals surface area contributed by atoms with Crippen LogP contribution in [-0.2, 0) is 9.59 Å². The van der Waals surface area contributed by atoms with Crippen molar-refractivity contribution in [1.82, 2.24) is 20.0 Å². The Hall–Kier alpha value is -2.96. The van der Waals surface area contributed by atoms with Crippen LogP contribution in [0.25, 0.3) is 6.08 Å². The van der Waals surface area contributed by atoms with Crippen LogP contribution in [0.4, 0.5) is 0 Å². The van der Waals surface area contributed by atoms with Crippen LogP contribution in [0.15, 0.2) is 66.7 Å². The summed E-state index contributed by atoms with van der Waals surface area (Å²) in [6.45, 7) is 5.98. The van der Waals surface area contributed by atoms with E-state index in [1.165, 1.54) is 5.56 Å². The first-order valence-electron chi connectivity index (χ1n) is 13.0. The van der Waals surface area contributed by atoms with Crippen molar-refractivity contribution in [2.24, 2.45) is 0 Å². The van der Waals surface area contributed by atoms with E-state index in [1.54, 1.807) is 6.08 Å². The second-order valence-electron chi connectivity index (χ2n) is 9.54. The van der Waals surface area contributed by atoms with Crippen LogP contribution in [0, 0.1) is 0 Å². The molecule has 186 valence electrons. The van der Waals surface area contributed by atoms with Crippen molar-refractivity contribution < 1.29 is 9.59 Å². The molecule has 3 atom stereocenters. The van der Waals surface area contributed by atoms with Gasteiger partial charge < -0.3 is 10.2 Å². The second-order valence-corrected chi connectivity index (χ2v) is 9.54. The van der Waals surface area contributed by atoms with Gasteiger partial charge in [-0.2, -0.15) is 0 Å². The predicted molar refractivity (Wildman–Crippen MR) is 140 cm³/mol. The van der Waals surface area contributed by atoms with Crippen LogP contribution in [-0.4, -0.2) is 72.5 Å². The highest BCUT2D eigenvalue weighted by atomic mass is 16.2. The zero-order valence-corrected chi connectivity index (χ0v) is 20.6. The third-order valence-electron chi connectivity index (χ3n) is 6.91. The van der Waals surface area contributed by atoms with Crippen molar-refractivity contribution in [3.63, 3.8) is 0 Å². The van der Waals surface area contributed by atoms with E-state index in [2.05, 4.69) is 39.4 Å². The lowest BCUT2D eigenvalue weighted by Gasteiger charge is -2.40. The lowest BCUT2D eigenvalue weighted by atomic mass is 10.0. The number of fused-ring (bicyclic) bond motifs is 2. The fourth-order valence-electron chi connectivity index (χ4n) is 5.02. The Labute approximate surface area is 209 Å². The molecule has 0 aromatic heterocycles. The van der Waals surface area contributed by atoms with Gasteiger partial charge in [0.25, 0.3) is 0 Å². The summed E-state index contributed by atoms with van der Waals surface area (Å²) in [7, 11) is 0. The second kappa shape index (κ2) is 13.2. The summed E-state index contributed by atoms with van der Waals surface area (Å²) < 4.78 is 0. The fraction of sp³-hybridized carbons (Fsp3) is 0.448. The van der Waals surface area contributed by atoms with E-state index in [4.69, 9.17) is 0 Å². The molecule has 35 heavy (non-hydrogen) atoms. The molecule has 3 unspecified atom stereocenters. The zero-order chi connectivity index (χ0) is 24.3. The van der Waals surface area contributed by atoms with E-state index >= 15 is 0 Å². The van der Waals surface area contributed by atoms with Crippen molar-refractivity contribution in [3.05, 3.63) is 77.9 Å². The van der Waals surface area contributed by atoms with E-state index in [1.807, 2.05) is 47.4 Å². The fourth-order valence-corrected chi connectivity index (χ4v) is 5.02. The lowest BCUT2D eigenvalue weighted by Crippen LogP contribution is -2.47. The minimum absolute atomic E-state index is 0.0396. The smallest absolute Gasteiger partial charge is 0.246 e. The van der Waals surface area contributed by atoms with Crippen molar-refractivity contribution in [2.75, 3.05) is 45.9 Å². The summed E-state index contributed by atoms with van der Waals surface area (Å²) in [6, 6.07) is 20.4. The van der Waals surface area contributed by atoms with Gasteiger partial charge in [-0.3, -0.25) is 19.4 Å². The molecule has 2 amide bonds. The molecular weight excluding hydrogens is 436 g/mol. The van der Waals surface area contributed by atoms with Crippen molar-refractivity contribution in [3.8, 4) is 0 Å². The molecule has 0 radical (unpaired) electrons. The summed E-state index contributed by atoms with van der Waals surface area (Å²) in [4.78, 5) is 32.7. The minimum atomic E-state index is 0.0396. The van der Waals surface area contributed by atoms with Crippen molar-refractivity contribution in [2.45, 2.75) is 38.1 Å². The molecule has 2 bridgehead atoms. The first-order chi connectivity index (χ1) is 17.2. The normalized spacial score (nSPS) is 24.9. The van der Waals surface area contributed by atoms with E-state index in [0.717, 1.165) is 64.1 Å². The van der Waals surface area contributed by atoms with Crippen LogP contribution in [0.2, 0.25) is 0 Å². The summed E-state index contributed by atoms with van der Waals surface area (Å²) in [6.07, 6.45) is 7.92. The molecule has 1 N–H and O–H groups in total. The van der Waals surface area contributed by atoms with Gasteiger partial charge in [0, 0.05) is 51.3 Å². The minimum Gasteiger partial charge on any atom is -0.356 e. The number of hydrogen-bond donors (Lipinski definition) is 1. The zero-order valence-electron chi connectivity index (χ0n) is 20.6. The van der Waals surface area contributed by atoms with E-state index < -0.39 is 0 Å². The Bertz CT molecular complexity index is 963. The van der Waals surface area contributed by atoms with Gasteiger partial charge in [0.1, 0.15) is 0 Å². The van der Waals surface area contributed by atoms with Gasteiger partial charge >= 0.3 is 0 Å². The van der Waals surface area contributed by atoms with Gasteiger partial charge in [-0.05, 0) is 49.4 Å². The number of benzene rings is 2. The van der Waals surface area contributed by atoms with Crippen LogP contribution in [0.5, 0.6) is 0 Å². The Morgan fingerprint density at radius 2 is 1.51 bits per heavy atom. The number of rotatable bonds is 3. The Kier molecular flexibility index (Phi) is 9.49. The highest BCUT2D eigenvalue weighted by Gasteiger charge is 2.27. The molecule has 2 saturated heterocycles. The van der Waals surface area contributed by atoms with E-state index in [0.29, 0.717) is 19.5 Å². The van der Waals surface area contributed by atoms with Crippen LogP contribution >= 0.6 is 0 Å². The third kappa shape index (κ3) is 7.77. The molecule has 2 aliphatic rings. The van der Waals surface area contributed by atoms with E-state index in [-0.39, 0.29) is 17.9 Å².